The first-order valence-electron chi connectivity index (χ1n) is 21.0. The van der Waals surface area contributed by atoms with Gasteiger partial charge in [-0.3, -0.25) is 0 Å². The highest BCUT2D eigenvalue weighted by Gasteiger charge is 2.20. The first-order chi connectivity index (χ1) is 30.1. The molecule has 3 nitrogen and oxygen atoms in total. The average molecular weight is 782 g/mol. The van der Waals surface area contributed by atoms with Gasteiger partial charge in [0.05, 0.1) is 17.1 Å². The molecule has 288 valence electrons. The molecule has 12 aromatic rings. The van der Waals surface area contributed by atoms with Gasteiger partial charge in [-0.05, 0) is 133 Å². The Balaban J connectivity index is 1.01. The van der Waals surface area contributed by atoms with Crippen molar-refractivity contribution in [3.05, 3.63) is 212 Å². The van der Waals surface area contributed by atoms with Gasteiger partial charge in [0.25, 0.3) is 0 Å². The van der Waals surface area contributed by atoms with Crippen LogP contribution in [0.3, 0.4) is 0 Å². The zero-order chi connectivity index (χ0) is 40.6. The summed E-state index contributed by atoms with van der Waals surface area (Å²) in [5.41, 5.74) is 15.4. The second-order valence-corrected chi connectivity index (χ2v) is 16.2. The minimum absolute atomic E-state index is 0.606. The number of para-hydroxylation sites is 2. The molecule has 0 bridgehead atoms. The molecule has 2 aromatic heterocycles. The summed E-state index contributed by atoms with van der Waals surface area (Å²) in [5, 5.41) is 20.2. The molecule has 10 aromatic carbocycles. The molecule has 0 aliphatic carbocycles. The predicted octanol–water partition coefficient (Wildman–Crippen LogP) is 15.7. The van der Waals surface area contributed by atoms with Crippen LogP contribution in [0.1, 0.15) is 18.6 Å². The van der Waals surface area contributed by atoms with Crippen LogP contribution in [0.2, 0.25) is 0 Å². The van der Waals surface area contributed by atoms with Gasteiger partial charge in [-0.2, -0.15) is 0 Å². The fourth-order valence-electron chi connectivity index (χ4n) is 9.68. The van der Waals surface area contributed by atoms with Gasteiger partial charge in [-0.15, -0.1) is 0 Å². The van der Waals surface area contributed by atoms with Crippen molar-refractivity contribution in [3.8, 4) is 50.2 Å². The van der Waals surface area contributed by atoms with E-state index >= 15 is 0 Å². The van der Waals surface area contributed by atoms with E-state index in [4.69, 9.17) is 4.42 Å². The van der Waals surface area contributed by atoms with E-state index in [0.29, 0.717) is 0 Å². The summed E-state index contributed by atoms with van der Waals surface area (Å²) in [7, 11) is 0. The second-order valence-electron chi connectivity index (χ2n) is 16.2. The number of aromatic nitrogens is 1. The van der Waals surface area contributed by atoms with Gasteiger partial charge in [-0.1, -0.05) is 152 Å². The highest BCUT2D eigenvalue weighted by atomic mass is 16.3. The monoisotopic (exact) mass is 781 g/mol. The van der Waals surface area contributed by atoms with Crippen LogP contribution in [0.4, 0.5) is 0 Å². The highest BCUT2D eigenvalue weighted by molar-refractivity contribution is 6.22. The summed E-state index contributed by atoms with van der Waals surface area (Å²) in [6.07, 6.45) is -0.606. The number of nitrogens with zero attached hydrogens (tertiary/aromatic N) is 1. The molecule has 2 heterocycles. The highest BCUT2D eigenvalue weighted by Crippen LogP contribution is 2.46. The molecule has 3 heteroatoms. The molecule has 0 spiro atoms. The SMILES string of the molecule is CC(O)c1ccc2c(-c3cccc(-n4c5ccccc5c5ccccc54)c3)c3ccccc3c(-c3ccc(-c4ccc5oc6ccc(-c7ccccc7)cc6c5c4)cc3)c2c1. The third-order valence-corrected chi connectivity index (χ3v) is 12.6. The lowest BCUT2D eigenvalue weighted by atomic mass is 9.84. The number of aliphatic hydroxyl groups is 1. The van der Waals surface area contributed by atoms with Crippen LogP contribution in [0.5, 0.6) is 0 Å². The van der Waals surface area contributed by atoms with E-state index < -0.39 is 6.10 Å². The Morgan fingerprint density at radius 3 is 1.48 bits per heavy atom. The largest absolute Gasteiger partial charge is 0.456 e. The second kappa shape index (κ2) is 13.9. The van der Waals surface area contributed by atoms with E-state index in [0.717, 1.165) is 71.8 Å². The van der Waals surface area contributed by atoms with Crippen LogP contribution in [0, 0.1) is 0 Å². The van der Waals surface area contributed by atoms with Gasteiger partial charge in [0.15, 0.2) is 0 Å². The summed E-state index contributed by atoms with van der Waals surface area (Å²) in [6.45, 7) is 1.84. The summed E-state index contributed by atoms with van der Waals surface area (Å²) in [5.74, 6) is 0. The van der Waals surface area contributed by atoms with Crippen molar-refractivity contribution in [2.24, 2.45) is 0 Å². The van der Waals surface area contributed by atoms with Crippen LogP contribution in [-0.2, 0) is 0 Å². The number of rotatable bonds is 6. The molecule has 0 radical (unpaired) electrons. The van der Waals surface area contributed by atoms with Crippen molar-refractivity contribution in [2.45, 2.75) is 13.0 Å². The Morgan fingerprint density at radius 1 is 0.361 bits per heavy atom. The molecular weight excluding hydrogens is 743 g/mol. The summed E-state index contributed by atoms with van der Waals surface area (Å²) in [4.78, 5) is 0. The van der Waals surface area contributed by atoms with E-state index in [1.54, 1.807) is 0 Å². The van der Waals surface area contributed by atoms with Gasteiger partial charge in [0.2, 0.25) is 0 Å². The standard InChI is InChI=1S/C58H39NO2/c1-36(60)40-26-29-49-52(33-40)57(39-24-22-38(23-25-39)42-28-31-56-51(35-42)50-34-41(27-30-55(50)61-56)37-12-3-2-4-13-37)47-18-5-6-19-48(47)58(49)43-14-11-15-44(32-43)59-53-20-9-7-16-45(53)46-17-8-10-21-54(46)59/h2-36,60H,1H3. The van der Waals surface area contributed by atoms with Crippen LogP contribution < -0.4 is 0 Å². The van der Waals surface area contributed by atoms with Crippen LogP contribution in [-0.4, -0.2) is 9.67 Å². The number of aliphatic hydroxyl groups excluding tert-OH is 1. The maximum Gasteiger partial charge on any atom is 0.135 e. The molecule has 1 atom stereocenters. The lowest BCUT2D eigenvalue weighted by Gasteiger charge is -2.20. The quantitative estimate of drug-likeness (QED) is 0.171. The van der Waals surface area contributed by atoms with E-state index in [2.05, 4.69) is 205 Å². The normalized spacial score (nSPS) is 12.4. The van der Waals surface area contributed by atoms with E-state index in [1.165, 1.54) is 49.3 Å². The Labute approximate surface area is 353 Å². The molecule has 1 unspecified atom stereocenters. The molecule has 61 heavy (non-hydrogen) atoms. The average Bonchev–Trinajstić information content (AvgIpc) is 3.86. The van der Waals surface area contributed by atoms with Crippen LogP contribution in [0.25, 0.3) is 115 Å². The lowest BCUT2D eigenvalue weighted by Crippen LogP contribution is -1.96. The summed E-state index contributed by atoms with van der Waals surface area (Å²) in [6, 6.07) is 74.0. The first kappa shape index (κ1) is 35.2. The Morgan fingerprint density at radius 2 is 0.852 bits per heavy atom. The van der Waals surface area contributed by atoms with Crippen LogP contribution in [0.15, 0.2) is 211 Å². The number of benzene rings is 10. The Kier molecular flexibility index (Phi) is 8.06. The zero-order valence-electron chi connectivity index (χ0n) is 33.5. The minimum atomic E-state index is -0.606. The van der Waals surface area contributed by atoms with E-state index in [9.17, 15) is 5.11 Å². The van der Waals surface area contributed by atoms with Gasteiger partial charge in [0.1, 0.15) is 11.2 Å². The Bertz CT molecular complexity index is 3610. The number of hydrogen-bond acceptors (Lipinski definition) is 2. The van der Waals surface area contributed by atoms with Gasteiger partial charge in [0, 0.05) is 27.2 Å². The van der Waals surface area contributed by atoms with E-state index in [-0.39, 0.29) is 0 Å². The topological polar surface area (TPSA) is 38.3 Å². The molecule has 12 rings (SSSR count). The van der Waals surface area contributed by atoms with Crippen molar-refractivity contribution in [1.29, 1.82) is 0 Å². The van der Waals surface area contributed by atoms with E-state index in [1.807, 2.05) is 13.0 Å². The summed E-state index contributed by atoms with van der Waals surface area (Å²) < 4.78 is 8.68. The third kappa shape index (κ3) is 5.70. The third-order valence-electron chi connectivity index (χ3n) is 12.6. The zero-order valence-corrected chi connectivity index (χ0v) is 33.5. The number of hydrogen-bond donors (Lipinski definition) is 1. The van der Waals surface area contributed by atoms with Gasteiger partial charge >= 0.3 is 0 Å². The fraction of sp³-hybridized carbons (Fsp3) is 0.0345. The molecule has 0 saturated carbocycles. The van der Waals surface area contributed by atoms with Gasteiger partial charge < -0.3 is 14.1 Å². The molecule has 0 amide bonds. The van der Waals surface area contributed by atoms with Gasteiger partial charge in [-0.25, -0.2) is 0 Å². The maximum atomic E-state index is 10.9. The van der Waals surface area contributed by atoms with Crippen molar-refractivity contribution in [1.82, 2.24) is 4.57 Å². The molecule has 0 aliphatic heterocycles. The van der Waals surface area contributed by atoms with Crippen molar-refractivity contribution in [2.75, 3.05) is 0 Å². The molecule has 0 fully saturated rings. The van der Waals surface area contributed by atoms with Crippen molar-refractivity contribution < 1.29 is 9.52 Å². The lowest BCUT2D eigenvalue weighted by molar-refractivity contribution is 0.199. The maximum absolute atomic E-state index is 10.9. The Hall–Kier alpha value is -7.72. The molecule has 1 N–H and O–H groups in total. The molecule has 0 aliphatic rings. The summed E-state index contributed by atoms with van der Waals surface area (Å²) >= 11 is 0. The number of fused-ring (bicyclic) bond motifs is 8. The smallest absolute Gasteiger partial charge is 0.135 e. The van der Waals surface area contributed by atoms with Crippen LogP contribution >= 0.6 is 0 Å². The molecular formula is C58H39NO2. The number of furan rings is 1. The predicted molar refractivity (Wildman–Crippen MR) is 255 cm³/mol. The molecule has 0 saturated heterocycles. The first-order valence-corrected chi connectivity index (χ1v) is 21.0. The van der Waals surface area contributed by atoms with Crippen molar-refractivity contribution in [3.63, 3.8) is 0 Å². The fourth-order valence-corrected chi connectivity index (χ4v) is 9.68. The minimum Gasteiger partial charge on any atom is -0.456 e. The van der Waals surface area contributed by atoms with Crippen molar-refractivity contribution >= 4 is 65.3 Å².